The van der Waals surface area contributed by atoms with Gasteiger partial charge in [0.15, 0.2) is 11.6 Å². The third-order valence-electron chi connectivity index (χ3n) is 4.67. The Kier molecular flexibility index (Phi) is 4.06. The van der Waals surface area contributed by atoms with Crippen LogP contribution in [-0.2, 0) is 0 Å². The lowest BCUT2D eigenvalue weighted by molar-refractivity contribution is 0.483. The van der Waals surface area contributed by atoms with E-state index in [2.05, 4.69) is 9.97 Å². The maximum absolute atomic E-state index is 14.1. The molecule has 0 bridgehead atoms. The third-order valence-corrected chi connectivity index (χ3v) is 5.75. The lowest BCUT2D eigenvalue weighted by atomic mass is 10.1. The van der Waals surface area contributed by atoms with E-state index < -0.39 is 17.5 Å². The zero-order chi connectivity index (χ0) is 20.1. The Balaban J connectivity index is 1.67. The molecule has 0 saturated heterocycles. The Labute approximate surface area is 167 Å². The van der Waals surface area contributed by atoms with Gasteiger partial charge < -0.3 is 9.72 Å². The van der Waals surface area contributed by atoms with Crippen LogP contribution in [-0.4, -0.2) is 9.97 Å². The Bertz CT molecular complexity index is 1380. The van der Waals surface area contributed by atoms with E-state index in [4.69, 9.17) is 4.74 Å². The summed E-state index contributed by atoms with van der Waals surface area (Å²) >= 11 is 0.990. The highest BCUT2D eigenvalue weighted by Gasteiger charge is 2.21. The minimum atomic E-state index is -1.25. The first kappa shape index (κ1) is 17.8. The number of benzene rings is 3. The van der Waals surface area contributed by atoms with E-state index in [0.29, 0.717) is 28.1 Å². The van der Waals surface area contributed by atoms with Crippen molar-refractivity contribution in [2.24, 2.45) is 0 Å². The average Bonchev–Trinajstić information content (AvgIpc) is 3.28. The molecule has 0 aliphatic rings. The first-order valence-corrected chi connectivity index (χ1v) is 9.62. The quantitative estimate of drug-likeness (QED) is 0.326. The number of aromatic amines is 1. The molecule has 0 fully saturated rings. The topological polar surface area (TPSA) is 37.9 Å². The number of ether oxygens (including phenoxy) is 1. The summed E-state index contributed by atoms with van der Waals surface area (Å²) in [4.78, 5) is 7.45. The predicted octanol–water partition coefficient (Wildman–Crippen LogP) is 6.96. The summed E-state index contributed by atoms with van der Waals surface area (Å²) < 4.78 is 47.7. The van der Waals surface area contributed by atoms with Crippen molar-refractivity contribution in [3.63, 3.8) is 0 Å². The summed E-state index contributed by atoms with van der Waals surface area (Å²) in [7, 11) is 0. The van der Waals surface area contributed by atoms with Crippen molar-refractivity contribution in [3.8, 4) is 22.1 Å². The van der Waals surface area contributed by atoms with Gasteiger partial charge in [0.25, 0.3) is 0 Å². The highest BCUT2D eigenvalue weighted by molar-refractivity contribution is 7.21. The molecule has 5 aromatic rings. The van der Waals surface area contributed by atoms with Crippen LogP contribution in [0.4, 0.5) is 13.2 Å². The van der Waals surface area contributed by atoms with Crippen LogP contribution in [0.15, 0.2) is 54.6 Å². The number of aromatic nitrogens is 2. The fourth-order valence-electron chi connectivity index (χ4n) is 3.36. The molecule has 3 aromatic carbocycles. The first-order valence-electron chi connectivity index (χ1n) is 8.81. The zero-order valence-electron chi connectivity index (χ0n) is 15.1. The van der Waals surface area contributed by atoms with E-state index in [1.165, 1.54) is 0 Å². The van der Waals surface area contributed by atoms with Gasteiger partial charge in [0, 0.05) is 28.2 Å². The van der Waals surface area contributed by atoms with Gasteiger partial charge in [0.05, 0.1) is 4.70 Å². The summed E-state index contributed by atoms with van der Waals surface area (Å²) in [5.74, 6) is -1.91. The van der Waals surface area contributed by atoms with E-state index >= 15 is 0 Å². The van der Waals surface area contributed by atoms with Crippen molar-refractivity contribution in [1.82, 2.24) is 9.97 Å². The van der Waals surface area contributed by atoms with Crippen molar-refractivity contribution in [1.29, 1.82) is 0 Å². The normalized spacial score (nSPS) is 11.4. The number of nitrogens with one attached hydrogen (secondary N) is 1. The zero-order valence-corrected chi connectivity index (χ0v) is 15.9. The summed E-state index contributed by atoms with van der Waals surface area (Å²) in [6, 6.07) is 15.5. The molecule has 2 aromatic heterocycles. The fourth-order valence-corrected chi connectivity index (χ4v) is 4.44. The minimum Gasteiger partial charge on any atom is -0.457 e. The highest BCUT2D eigenvalue weighted by Crippen LogP contribution is 2.40. The maximum Gasteiger partial charge on any atom is 0.186 e. The number of aryl methyl sites for hydroxylation is 1. The van der Waals surface area contributed by atoms with Gasteiger partial charge in [-0.05, 0) is 37.3 Å². The predicted molar refractivity (Wildman–Crippen MR) is 108 cm³/mol. The van der Waals surface area contributed by atoms with Gasteiger partial charge in [-0.25, -0.2) is 18.2 Å². The molecule has 3 nitrogen and oxygen atoms in total. The molecule has 0 aliphatic carbocycles. The molecule has 0 unspecified atom stereocenters. The van der Waals surface area contributed by atoms with Crippen LogP contribution in [0.1, 0.15) is 5.69 Å². The van der Waals surface area contributed by atoms with Crippen LogP contribution in [0.2, 0.25) is 0 Å². The number of H-pyrrole nitrogens is 1. The average molecular weight is 410 g/mol. The van der Waals surface area contributed by atoms with Crippen molar-refractivity contribution < 1.29 is 17.9 Å². The van der Waals surface area contributed by atoms with Crippen LogP contribution in [0, 0.1) is 24.4 Å². The van der Waals surface area contributed by atoms with Gasteiger partial charge in [-0.3, -0.25) is 0 Å². The highest BCUT2D eigenvalue weighted by atomic mass is 32.1. The Hall–Kier alpha value is -3.32. The number of hydrogen-bond acceptors (Lipinski definition) is 3. The molecule has 0 atom stereocenters. The van der Waals surface area contributed by atoms with Crippen LogP contribution in [0.5, 0.6) is 11.5 Å². The van der Waals surface area contributed by atoms with Crippen molar-refractivity contribution >= 4 is 32.5 Å². The Morgan fingerprint density at radius 2 is 1.72 bits per heavy atom. The van der Waals surface area contributed by atoms with Crippen molar-refractivity contribution in [3.05, 3.63) is 77.7 Å². The molecule has 0 radical (unpaired) electrons. The number of fused-ring (bicyclic) bond motifs is 2. The van der Waals surface area contributed by atoms with Crippen LogP contribution in [0.25, 0.3) is 31.7 Å². The van der Waals surface area contributed by atoms with E-state index in [0.717, 1.165) is 27.9 Å². The molecule has 1 N–H and O–H groups in total. The molecule has 5 rings (SSSR count). The van der Waals surface area contributed by atoms with Crippen molar-refractivity contribution in [2.75, 3.05) is 0 Å². The van der Waals surface area contributed by atoms with Crippen LogP contribution < -0.4 is 4.74 Å². The van der Waals surface area contributed by atoms with Gasteiger partial charge >= 0.3 is 0 Å². The van der Waals surface area contributed by atoms with Crippen molar-refractivity contribution in [2.45, 2.75) is 6.92 Å². The monoisotopic (exact) mass is 410 g/mol. The number of halogens is 3. The summed E-state index contributed by atoms with van der Waals surface area (Å²) in [5, 5.41) is 1.21. The number of rotatable bonds is 3. The lowest BCUT2D eigenvalue weighted by Gasteiger charge is -2.05. The summed E-state index contributed by atoms with van der Waals surface area (Å²) in [5.41, 5.74) is 2.04. The van der Waals surface area contributed by atoms with Gasteiger partial charge in [-0.2, -0.15) is 0 Å². The van der Waals surface area contributed by atoms with Gasteiger partial charge in [0.2, 0.25) is 0 Å². The SMILES string of the molecule is Cc1[nH]c2ccc(Oc3ccccc3)cc2c1-c1nc2c(F)c(F)cc(F)c2s1. The Morgan fingerprint density at radius 1 is 0.931 bits per heavy atom. The molecule has 0 spiro atoms. The first-order chi connectivity index (χ1) is 14.0. The van der Waals surface area contributed by atoms with E-state index in [9.17, 15) is 13.2 Å². The minimum absolute atomic E-state index is 0.00987. The number of hydrogen-bond donors (Lipinski definition) is 1. The van der Waals surface area contributed by atoms with E-state index in [-0.39, 0.29) is 10.2 Å². The van der Waals surface area contributed by atoms with Gasteiger partial charge in [-0.15, -0.1) is 11.3 Å². The third kappa shape index (κ3) is 2.94. The molecule has 0 amide bonds. The van der Waals surface area contributed by atoms with Crippen LogP contribution in [0.3, 0.4) is 0 Å². The number of nitrogens with zero attached hydrogens (tertiary/aromatic N) is 1. The van der Waals surface area contributed by atoms with Crippen LogP contribution >= 0.6 is 11.3 Å². The van der Waals surface area contributed by atoms with Gasteiger partial charge in [-0.1, -0.05) is 18.2 Å². The standard InChI is InChI=1S/C22H13F3N2OS/c1-11-18(22-27-20-19(25)15(23)10-16(24)21(20)29-22)14-9-13(7-8-17(14)26-11)28-12-5-3-2-4-6-12/h2-10,26H,1H3. The second-order valence-corrected chi connectivity index (χ2v) is 7.60. The molecular formula is C22H13F3N2OS. The molecular weight excluding hydrogens is 397 g/mol. The molecule has 2 heterocycles. The molecule has 144 valence electrons. The molecule has 29 heavy (non-hydrogen) atoms. The summed E-state index contributed by atoms with van der Waals surface area (Å²) in [6.07, 6.45) is 0. The van der Waals surface area contributed by atoms with E-state index in [1.54, 1.807) is 0 Å². The largest absolute Gasteiger partial charge is 0.457 e. The smallest absolute Gasteiger partial charge is 0.186 e. The van der Waals surface area contributed by atoms with Gasteiger partial charge in [0.1, 0.15) is 27.8 Å². The Morgan fingerprint density at radius 3 is 2.52 bits per heavy atom. The maximum atomic E-state index is 14.1. The lowest BCUT2D eigenvalue weighted by Crippen LogP contribution is -1.88. The second-order valence-electron chi connectivity index (χ2n) is 6.60. The molecule has 0 aliphatic heterocycles. The second kappa shape index (κ2) is 6.63. The van der Waals surface area contributed by atoms with E-state index in [1.807, 2.05) is 55.5 Å². The molecule has 0 saturated carbocycles. The summed E-state index contributed by atoms with van der Waals surface area (Å²) in [6.45, 7) is 1.85. The molecule has 7 heteroatoms. The fraction of sp³-hybridized carbons (Fsp3) is 0.0455. The number of para-hydroxylation sites is 1. The number of thiazole rings is 1.